The summed E-state index contributed by atoms with van der Waals surface area (Å²) in [6, 6.07) is 6.66. The predicted molar refractivity (Wildman–Crippen MR) is 82.2 cm³/mol. The molecule has 0 amide bonds. The summed E-state index contributed by atoms with van der Waals surface area (Å²) in [6.45, 7) is 5.75. The van der Waals surface area contributed by atoms with Crippen LogP contribution in [0.3, 0.4) is 0 Å². The molecule has 0 saturated carbocycles. The van der Waals surface area contributed by atoms with Gasteiger partial charge in [0.25, 0.3) is 0 Å². The van der Waals surface area contributed by atoms with Gasteiger partial charge >= 0.3 is 0 Å². The minimum absolute atomic E-state index is 0.484. The molecule has 1 heterocycles. The molecule has 3 nitrogen and oxygen atoms in total. The first kappa shape index (κ1) is 15.3. The van der Waals surface area contributed by atoms with Gasteiger partial charge in [-0.25, -0.2) is 0 Å². The van der Waals surface area contributed by atoms with Crippen LogP contribution in [0.2, 0.25) is 0 Å². The van der Waals surface area contributed by atoms with Crippen molar-refractivity contribution in [2.75, 3.05) is 20.2 Å². The lowest BCUT2D eigenvalue weighted by Crippen LogP contribution is -2.37. The van der Waals surface area contributed by atoms with Crippen molar-refractivity contribution in [2.24, 2.45) is 0 Å². The fourth-order valence-corrected chi connectivity index (χ4v) is 2.94. The van der Waals surface area contributed by atoms with Crippen LogP contribution in [-0.2, 0) is 0 Å². The molecule has 1 fully saturated rings. The van der Waals surface area contributed by atoms with E-state index >= 15 is 0 Å². The monoisotopic (exact) mass is 277 g/mol. The fourth-order valence-electron chi connectivity index (χ4n) is 2.94. The highest BCUT2D eigenvalue weighted by Gasteiger charge is 2.19. The zero-order chi connectivity index (χ0) is 14.5. The number of hydrogen-bond donors (Lipinski definition) is 1. The summed E-state index contributed by atoms with van der Waals surface area (Å²) in [5, 5.41) is 9.83. The lowest BCUT2D eigenvalue weighted by Gasteiger charge is -2.32. The van der Waals surface area contributed by atoms with Gasteiger partial charge in [0.15, 0.2) is 0 Å². The summed E-state index contributed by atoms with van der Waals surface area (Å²) < 4.78 is 5.92. The molecule has 3 heteroatoms. The average Bonchev–Trinajstić information content (AvgIpc) is 2.42. The Hall–Kier alpha value is -1.06. The Balaban J connectivity index is 1.90. The third-order valence-electron chi connectivity index (χ3n) is 4.25. The van der Waals surface area contributed by atoms with Gasteiger partial charge in [-0.05, 0) is 58.8 Å². The van der Waals surface area contributed by atoms with Gasteiger partial charge in [-0.3, -0.25) is 0 Å². The summed E-state index contributed by atoms with van der Waals surface area (Å²) in [7, 11) is 2.21. The number of ether oxygens (including phenoxy) is 1. The number of nitrogens with zero attached hydrogens (tertiary/aromatic N) is 1. The van der Waals surface area contributed by atoms with Crippen molar-refractivity contribution in [1.82, 2.24) is 4.90 Å². The van der Waals surface area contributed by atoms with Crippen molar-refractivity contribution < 1.29 is 9.84 Å². The molecular formula is C17H27NO2. The maximum Gasteiger partial charge on any atom is 0.125 e. The number of benzene rings is 1. The van der Waals surface area contributed by atoms with Crippen molar-refractivity contribution in [3.8, 4) is 5.75 Å². The highest BCUT2D eigenvalue weighted by Crippen LogP contribution is 2.27. The molecule has 0 radical (unpaired) electrons. The van der Waals surface area contributed by atoms with Gasteiger partial charge in [-0.2, -0.15) is 0 Å². The standard InChI is InChI=1S/C17H27NO2/c1-13-7-8-17(16(12-13)14(2)19)20-11-9-15-6-4-5-10-18(15)3/h7-8,12,14-15,19H,4-6,9-11H2,1-3H3/t14-,15?/m0/s1. The first-order valence-electron chi connectivity index (χ1n) is 7.69. The Morgan fingerprint density at radius 2 is 2.20 bits per heavy atom. The number of likely N-dealkylation sites (tertiary alicyclic amines) is 1. The van der Waals surface area contributed by atoms with Crippen molar-refractivity contribution in [2.45, 2.75) is 51.7 Å². The molecule has 1 aromatic carbocycles. The lowest BCUT2D eigenvalue weighted by molar-refractivity contribution is 0.149. The summed E-state index contributed by atoms with van der Waals surface area (Å²) in [4.78, 5) is 2.44. The normalized spacial score (nSPS) is 21.7. The van der Waals surface area contributed by atoms with Crippen molar-refractivity contribution in [1.29, 1.82) is 0 Å². The highest BCUT2D eigenvalue weighted by molar-refractivity contribution is 5.38. The van der Waals surface area contributed by atoms with Gasteiger partial charge in [-0.15, -0.1) is 0 Å². The summed E-state index contributed by atoms with van der Waals surface area (Å²) in [6.07, 6.45) is 4.50. The van der Waals surface area contributed by atoms with E-state index in [2.05, 4.69) is 11.9 Å². The van der Waals surface area contributed by atoms with Crippen LogP contribution in [0.25, 0.3) is 0 Å². The molecule has 0 bridgehead atoms. The molecule has 0 aliphatic carbocycles. The molecule has 2 rings (SSSR count). The van der Waals surface area contributed by atoms with E-state index in [0.717, 1.165) is 29.9 Å². The van der Waals surface area contributed by atoms with E-state index in [4.69, 9.17) is 4.74 Å². The van der Waals surface area contributed by atoms with E-state index in [-0.39, 0.29) is 0 Å². The Kier molecular flexibility index (Phi) is 5.44. The first-order chi connectivity index (χ1) is 9.58. The van der Waals surface area contributed by atoms with Crippen molar-refractivity contribution >= 4 is 0 Å². The zero-order valence-corrected chi connectivity index (χ0v) is 12.9. The summed E-state index contributed by atoms with van der Waals surface area (Å²) >= 11 is 0. The van der Waals surface area contributed by atoms with Gasteiger partial charge in [0.2, 0.25) is 0 Å². The SMILES string of the molecule is Cc1ccc(OCCC2CCCCN2C)c([C@H](C)O)c1. The van der Waals surface area contributed by atoms with Crippen LogP contribution in [-0.4, -0.2) is 36.2 Å². The molecule has 0 aromatic heterocycles. The number of aliphatic hydroxyl groups excluding tert-OH is 1. The fraction of sp³-hybridized carbons (Fsp3) is 0.647. The van der Waals surface area contributed by atoms with Crippen molar-refractivity contribution in [3.05, 3.63) is 29.3 Å². The zero-order valence-electron chi connectivity index (χ0n) is 12.9. The van der Waals surface area contributed by atoms with Crippen LogP contribution in [0, 0.1) is 6.92 Å². The van der Waals surface area contributed by atoms with E-state index in [1.54, 1.807) is 6.92 Å². The molecule has 1 N–H and O–H groups in total. The number of piperidine rings is 1. The van der Waals surface area contributed by atoms with Crippen LogP contribution < -0.4 is 4.74 Å². The third kappa shape index (κ3) is 3.97. The number of hydrogen-bond acceptors (Lipinski definition) is 3. The summed E-state index contributed by atoms with van der Waals surface area (Å²) in [5.41, 5.74) is 2.04. The van der Waals surface area contributed by atoms with E-state index in [0.29, 0.717) is 6.04 Å². The van der Waals surface area contributed by atoms with Gasteiger partial charge in [0.05, 0.1) is 12.7 Å². The maximum absolute atomic E-state index is 9.83. The summed E-state index contributed by atoms with van der Waals surface area (Å²) in [5.74, 6) is 0.823. The smallest absolute Gasteiger partial charge is 0.125 e. The topological polar surface area (TPSA) is 32.7 Å². The van der Waals surface area contributed by atoms with Gasteiger partial charge in [0, 0.05) is 11.6 Å². The largest absolute Gasteiger partial charge is 0.493 e. The molecule has 1 aromatic rings. The van der Waals surface area contributed by atoms with Gasteiger partial charge < -0.3 is 14.7 Å². The lowest BCUT2D eigenvalue weighted by atomic mass is 10.0. The number of aliphatic hydroxyl groups is 1. The minimum Gasteiger partial charge on any atom is -0.493 e. The van der Waals surface area contributed by atoms with E-state index < -0.39 is 6.10 Å². The van der Waals surface area contributed by atoms with Crippen LogP contribution in [0.4, 0.5) is 0 Å². The second-order valence-electron chi connectivity index (χ2n) is 5.98. The predicted octanol–water partition coefficient (Wildman–Crippen LogP) is 3.30. The Labute approximate surface area is 122 Å². The van der Waals surface area contributed by atoms with Crippen LogP contribution in [0.5, 0.6) is 5.75 Å². The molecule has 1 aliphatic rings. The second-order valence-corrected chi connectivity index (χ2v) is 5.98. The minimum atomic E-state index is -0.484. The Morgan fingerprint density at radius 3 is 2.90 bits per heavy atom. The van der Waals surface area contributed by atoms with Crippen molar-refractivity contribution in [3.63, 3.8) is 0 Å². The molecular weight excluding hydrogens is 250 g/mol. The maximum atomic E-state index is 9.83. The van der Waals surface area contributed by atoms with E-state index in [9.17, 15) is 5.11 Å². The number of rotatable bonds is 5. The Morgan fingerprint density at radius 1 is 1.40 bits per heavy atom. The van der Waals surface area contributed by atoms with Gasteiger partial charge in [-0.1, -0.05) is 18.1 Å². The first-order valence-corrected chi connectivity index (χ1v) is 7.69. The molecule has 1 aliphatic heterocycles. The second kappa shape index (κ2) is 7.09. The third-order valence-corrected chi connectivity index (χ3v) is 4.25. The molecule has 2 atom stereocenters. The van der Waals surface area contributed by atoms with Crippen LogP contribution >= 0.6 is 0 Å². The molecule has 0 spiro atoms. The molecule has 112 valence electrons. The molecule has 1 unspecified atom stereocenters. The Bertz CT molecular complexity index is 431. The molecule has 20 heavy (non-hydrogen) atoms. The van der Waals surface area contributed by atoms with E-state index in [1.165, 1.54) is 25.8 Å². The average molecular weight is 277 g/mol. The number of aryl methyl sites for hydroxylation is 1. The van der Waals surface area contributed by atoms with Gasteiger partial charge in [0.1, 0.15) is 5.75 Å². The van der Waals surface area contributed by atoms with Crippen LogP contribution in [0.1, 0.15) is 49.8 Å². The molecule has 1 saturated heterocycles. The van der Waals surface area contributed by atoms with Crippen LogP contribution in [0.15, 0.2) is 18.2 Å². The highest BCUT2D eigenvalue weighted by atomic mass is 16.5. The van der Waals surface area contributed by atoms with E-state index in [1.807, 2.05) is 25.1 Å². The quantitative estimate of drug-likeness (QED) is 0.896.